The van der Waals surface area contributed by atoms with E-state index in [2.05, 4.69) is 0 Å². The quantitative estimate of drug-likeness (QED) is 0.248. The lowest BCUT2D eigenvalue weighted by atomic mass is 9.94. The fourth-order valence-corrected chi connectivity index (χ4v) is 7.97. The second-order valence-corrected chi connectivity index (χ2v) is 13.3. The van der Waals surface area contributed by atoms with Gasteiger partial charge in [-0.2, -0.15) is 0 Å². The molecular weight excluding hydrogens is 704 g/mol. The van der Waals surface area contributed by atoms with Crippen LogP contribution in [0, 0.1) is 0 Å². The van der Waals surface area contributed by atoms with E-state index in [9.17, 15) is 38.4 Å². The van der Waals surface area contributed by atoms with Crippen LogP contribution in [0.5, 0.6) is 0 Å². The second-order valence-electron chi connectivity index (χ2n) is 11.1. The highest BCUT2D eigenvalue weighted by Crippen LogP contribution is 2.46. The number of hydrogen-bond acceptors (Lipinski definition) is 18. The van der Waals surface area contributed by atoms with E-state index in [1.54, 1.807) is 12.1 Å². The third kappa shape index (κ3) is 9.29. The summed E-state index contributed by atoms with van der Waals surface area (Å²) in [4.78, 5) is 100. The third-order valence-corrected chi connectivity index (χ3v) is 9.77. The first-order valence-corrected chi connectivity index (χ1v) is 16.9. The van der Waals surface area contributed by atoms with Gasteiger partial charge in [0, 0.05) is 52.7 Å². The number of allylic oxidation sites excluding steroid dienone is 2. The maximum Gasteiger partial charge on any atom is 0.303 e. The van der Waals surface area contributed by atoms with E-state index in [1.165, 1.54) is 12.1 Å². The van der Waals surface area contributed by atoms with E-state index in [0.717, 1.165) is 41.5 Å². The Morgan fingerprint density at radius 3 is 1.12 bits per heavy atom. The highest BCUT2D eigenvalue weighted by molar-refractivity contribution is 8.08. The minimum absolute atomic E-state index is 0.0485. The fraction of sp³-hybridized carbons (Fsp3) is 0.500. The highest BCUT2D eigenvalue weighted by Gasteiger charge is 2.51. The van der Waals surface area contributed by atoms with Crippen LogP contribution in [-0.2, 0) is 66.7 Å². The maximum atomic E-state index is 14.1. The molecule has 1 aromatic rings. The number of carbonyl (C=O) groups excluding carboxylic acids is 8. The monoisotopic (exact) mass is 738 g/mol. The number of ether oxygens (including phenoxy) is 8. The van der Waals surface area contributed by atoms with Gasteiger partial charge in [0.2, 0.25) is 11.6 Å². The van der Waals surface area contributed by atoms with Gasteiger partial charge in [-0.1, -0.05) is 47.8 Å². The highest BCUT2D eigenvalue weighted by atomic mass is 32.2. The summed E-state index contributed by atoms with van der Waals surface area (Å²) in [5, 5.41) is 0. The van der Waals surface area contributed by atoms with Crippen LogP contribution in [0.4, 0.5) is 0 Å². The Kier molecular flexibility index (Phi) is 12.8. The number of fused-ring (bicyclic) bond motifs is 1. The molecule has 270 valence electrons. The Morgan fingerprint density at radius 1 is 0.520 bits per heavy atom. The fourth-order valence-electron chi connectivity index (χ4n) is 5.40. The molecular formula is C32H34O16S2. The van der Waals surface area contributed by atoms with Crippen LogP contribution in [0.25, 0.3) is 0 Å². The Balaban J connectivity index is 1.80. The Bertz CT molecular complexity index is 1490. The number of hydrogen-bond donors (Lipinski definition) is 0. The standard InChI is InChI=1S/C32H34O16S2/c1-13(33)43-21-11-41-31(27(47-17(5)37)25(21)45-15(3)35)49-29-23(39)19-9-7-8-10-20(19)24(40)30(29)50-32-28(48-18(6)38)26(46-16(4)36)22(12-42-32)44-14(2)34/h7-10,21-22,25-28,31-32H,11-12H2,1-6H3/t21-,22+,25-,26-,27+,28+,31-,32+/m0/s1. The molecule has 0 N–H and O–H groups in total. The molecule has 2 heterocycles. The third-order valence-electron chi connectivity index (χ3n) is 7.11. The van der Waals surface area contributed by atoms with Crippen LogP contribution < -0.4 is 0 Å². The lowest BCUT2D eigenvalue weighted by molar-refractivity contribution is -0.213. The largest absolute Gasteiger partial charge is 0.456 e. The van der Waals surface area contributed by atoms with Crippen LogP contribution in [0.15, 0.2) is 34.1 Å². The summed E-state index contributed by atoms with van der Waals surface area (Å²) in [6, 6.07) is 6.01. The summed E-state index contributed by atoms with van der Waals surface area (Å²) in [5.41, 5.74) is -2.48. The van der Waals surface area contributed by atoms with E-state index in [-0.39, 0.29) is 34.2 Å². The van der Waals surface area contributed by atoms with Gasteiger partial charge < -0.3 is 37.9 Å². The van der Waals surface area contributed by atoms with Gasteiger partial charge in [0.05, 0.1) is 23.0 Å². The Labute approximate surface area is 294 Å². The molecule has 2 aliphatic heterocycles. The minimum atomic E-state index is -1.43. The average molecular weight is 739 g/mol. The maximum absolute atomic E-state index is 14.1. The van der Waals surface area contributed by atoms with Crippen molar-refractivity contribution in [2.45, 2.75) is 89.0 Å². The summed E-state index contributed by atoms with van der Waals surface area (Å²) < 4.78 is 44.2. The topological polar surface area (TPSA) is 210 Å². The minimum Gasteiger partial charge on any atom is -0.456 e. The number of thioether (sulfide) groups is 2. The van der Waals surface area contributed by atoms with Gasteiger partial charge in [-0.05, 0) is 0 Å². The summed E-state index contributed by atoms with van der Waals surface area (Å²) in [6.07, 6.45) is -7.96. The molecule has 2 saturated heterocycles. The van der Waals surface area contributed by atoms with Crippen molar-refractivity contribution in [3.05, 3.63) is 45.2 Å². The molecule has 0 amide bonds. The molecule has 0 saturated carbocycles. The molecule has 2 fully saturated rings. The van der Waals surface area contributed by atoms with E-state index >= 15 is 0 Å². The van der Waals surface area contributed by atoms with Crippen LogP contribution in [-0.4, -0.2) is 108 Å². The molecule has 1 aromatic carbocycles. The SMILES string of the molecule is CC(=O)O[C@@H]1[C@@H](OC(C)=O)[C@H](SC2=C(S[C@H]3OC[C@@H](OC(C)=O)[C@H](OC(C)=O)[C@H]3OC(C)=O)C(=O)c3ccccc3C2=O)OC[C@@H]1OC(C)=O. The second kappa shape index (κ2) is 16.6. The van der Waals surface area contributed by atoms with E-state index in [4.69, 9.17) is 37.9 Å². The van der Waals surface area contributed by atoms with Gasteiger partial charge in [0.25, 0.3) is 0 Å². The number of rotatable bonds is 10. The van der Waals surface area contributed by atoms with Gasteiger partial charge in [-0.3, -0.25) is 38.4 Å². The first-order chi connectivity index (χ1) is 23.6. The molecule has 0 aromatic heterocycles. The average Bonchev–Trinajstić information content (AvgIpc) is 3.01. The molecule has 3 aliphatic rings. The summed E-state index contributed by atoms with van der Waals surface area (Å²) in [5.74, 6) is -5.92. The van der Waals surface area contributed by atoms with Crippen molar-refractivity contribution in [2.24, 2.45) is 0 Å². The molecule has 50 heavy (non-hydrogen) atoms. The number of carbonyl (C=O) groups is 8. The van der Waals surface area contributed by atoms with Gasteiger partial charge in [-0.15, -0.1) is 0 Å². The molecule has 0 unspecified atom stereocenters. The van der Waals surface area contributed by atoms with Gasteiger partial charge >= 0.3 is 35.8 Å². The van der Waals surface area contributed by atoms with Crippen LogP contribution in [0.2, 0.25) is 0 Å². The molecule has 0 bridgehead atoms. The summed E-state index contributed by atoms with van der Waals surface area (Å²) >= 11 is 1.38. The van der Waals surface area contributed by atoms with Crippen LogP contribution >= 0.6 is 23.5 Å². The zero-order valence-corrected chi connectivity index (χ0v) is 29.3. The van der Waals surface area contributed by atoms with E-state index in [0.29, 0.717) is 23.5 Å². The molecule has 4 rings (SSSR count). The lowest BCUT2D eigenvalue weighted by Gasteiger charge is -2.41. The summed E-state index contributed by atoms with van der Waals surface area (Å²) in [7, 11) is 0. The van der Waals surface area contributed by atoms with E-state index in [1.807, 2.05) is 0 Å². The number of esters is 6. The Morgan fingerprint density at radius 2 is 0.820 bits per heavy atom. The van der Waals surface area contributed by atoms with Crippen molar-refractivity contribution < 1.29 is 76.3 Å². The molecule has 16 nitrogen and oxygen atoms in total. The molecule has 0 spiro atoms. The first kappa shape index (κ1) is 38.5. The first-order valence-electron chi connectivity index (χ1n) is 15.1. The van der Waals surface area contributed by atoms with Crippen LogP contribution in [0.3, 0.4) is 0 Å². The molecule has 0 radical (unpaired) electrons. The lowest BCUT2D eigenvalue weighted by Crippen LogP contribution is -2.56. The number of Topliss-reactive ketones (excluding diaryl/α,β-unsaturated/α-hetero) is 2. The Hall–Kier alpha value is -4.26. The van der Waals surface area contributed by atoms with Gasteiger partial charge in [-0.25, -0.2) is 0 Å². The van der Waals surface area contributed by atoms with Crippen LogP contribution in [0.1, 0.15) is 62.3 Å². The van der Waals surface area contributed by atoms with Gasteiger partial charge in [0.15, 0.2) is 36.6 Å². The van der Waals surface area contributed by atoms with Crippen molar-refractivity contribution in [3.8, 4) is 0 Å². The van der Waals surface area contributed by atoms with Crippen molar-refractivity contribution in [3.63, 3.8) is 0 Å². The van der Waals surface area contributed by atoms with Gasteiger partial charge in [0.1, 0.15) is 10.9 Å². The van der Waals surface area contributed by atoms with Crippen molar-refractivity contribution in [1.29, 1.82) is 0 Å². The number of ketones is 2. The molecule has 18 heteroatoms. The zero-order chi connectivity index (χ0) is 36.9. The van der Waals surface area contributed by atoms with E-state index < -0.39 is 94.9 Å². The normalized spacial score (nSPS) is 27.7. The predicted molar refractivity (Wildman–Crippen MR) is 170 cm³/mol. The number of benzene rings is 1. The predicted octanol–water partition coefficient (Wildman–Crippen LogP) is 2.05. The molecule has 8 atom stereocenters. The zero-order valence-electron chi connectivity index (χ0n) is 27.7. The van der Waals surface area contributed by atoms with Crippen molar-refractivity contribution in [2.75, 3.05) is 13.2 Å². The smallest absolute Gasteiger partial charge is 0.303 e. The summed E-state index contributed by atoms with van der Waals surface area (Å²) in [6.45, 7) is 5.95. The van der Waals surface area contributed by atoms with Crippen molar-refractivity contribution in [1.82, 2.24) is 0 Å². The molecule has 1 aliphatic carbocycles. The van der Waals surface area contributed by atoms with Crippen molar-refractivity contribution >= 4 is 70.9 Å².